The van der Waals surface area contributed by atoms with Crippen molar-refractivity contribution in [2.24, 2.45) is 11.8 Å². The van der Waals surface area contributed by atoms with Crippen LogP contribution < -0.4 is 5.32 Å². The first kappa shape index (κ1) is 21.4. The summed E-state index contributed by atoms with van der Waals surface area (Å²) in [5.41, 5.74) is 2.23. The Hall–Kier alpha value is -3.11. The molecule has 174 valence electrons. The van der Waals surface area contributed by atoms with Crippen LogP contribution in [0.2, 0.25) is 0 Å². The number of imidazole rings is 1. The highest BCUT2D eigenvalue weighted by Crippen LogP contribution is 2.50. The number of likely N-dealkylation sites (tertiary alicyclic amines) is 1. The molecule has 0 bridgehead atoms. The highest BCUT2D eigenvalue weighted by Gasteiger charge is 2.54. The largest absolute Gasteiger partial charge is 0.349 e. The number of halogens is 1. The second kappa shape index (κ2) is 7.99. The number of carbonyl (C=O) groups is 2. The van der Waals surface area contributed by atoms with Crippen LogP contribution in [-0.4, -0.2) is 50.2 Å². The molecule has 3 atom stereocenters. The summed E-state index contributed by atoms with van der Waals surface area (Å²) >= 11 is 2.88. The number of amides is 2. The molecule has 6 rings (SSSR count). The third-order valence-corrected chi connectivity index (χ3v) is 8.49. The van der Waals surface area contributed by atoms with Gasteiger partial charge >= 0.3 is 0 Å². The molecule has 7 nitrogen and oxygen atoms in total. The van der Waals surface area contributed by atoms with E-state index in [1.807, 2.05) is 30.3 Å². The van der Waals surface area contributed by atoms with E-state index in [-0.39, 0.29) is 23.7 Å². The molecule has 0 spiro atoms. The van der Waals surface area contributed by atoms with Crippen molar-refractivity contribution >= 4 is 39.4 Å². The van der Waals surface area contributed by atoms with E-state index in [4.69, 9.17) is 0 Å². The second-order valence-corrected chi connectivity index (χ2v) is 11.0. The average molecular weight is 496 g/mol. The Labute approximate surface area is 203 Å². The maximum absolute atomic E-state index is 13.9. The Morgan fingerprint density at radius 1 is 1.26 bits per heavy atom. The number of carbonyl (C=O) groups excluding carboxylic acids is 2. The summed E-state index contributed by atoms with van der Waals surface area (Å²) in [7, 11) is 0. The second-order valence-electron chi connectivity index (χ2n) is 8.92. The molecule has 3 aromatic heterocycles. The van der Waals surface area contributed by atoms with Gasteiger partial charge in [-0.3, -0.25) is 14.0 Å². The van der Waals surface area contributed by atoms with Crippen LogP contribution in [-0.2, 0) is 0 Å². The number of hydrogen-bond acceptors (Lipinski definition) is 6. The first-order valence-electron chi connectivity index (χ1n) is 11.2. The van der Waals surface area contributed by atoms with Crippen LogP contribution in [0.5, 0.6) is 0 Å². The van der Waals surface area contributed by atoms with Crippen LogP contribution in [0, 0.1) is 31.5 Å². The van der Waals surface area contributed by atoms with Gasteiger partial charge in [-0.25, -0.2) is 14.4 Å². The average Bonchev–Trinajstić information content (AvgIpc) is 3.14. The van der Waals surface area contributed by atoms with E-state index in [0.29, 0.717) is 52.4 Å². The van der Waals surface area contributed by atoms with E-state index in [0.717, 1.165) is 16.4 Å². The van der Waals surface area contributed by atoms with Crippen molar-refractivity contribution in [3.8, 4) is 10.4 Å². The topological polar surface area (TPSA) is 79.6 Å². The summed E-state index contributed by atoms with van der Waals surface area (Å²) in [4.78, 5) is 38.9. The molecule has 4 heterocycles. The highest BCUT2D eigenvalue weighted by atomic mass is 32.1. The van der Waals surface area contributed by atoms with Gasteiger partial charge in [0.2, 0.25) is 0 Å². The summed E-state index contributed by atoms with van der Waals surface area (Å²) in [6.45, 7) is 4.71. The van der Waals surface area contributed by atoms with Gasteiger partial charge in [0, 0.05) is 24.7 Å². The lowest BCUT2D eigenvalue weighted by atomic mass is 10.1. The normalized spacial score (nSPS) is 21.1. The van der Waals surface area contributed by atoms with Gasteiger partial charge in [0.25, 0.3) is 11.8 Å². The zero-order chi connectivity index (χ0) is 23.6. The summed E-state index contributed by atoms with van der Waals surface area (Å²) in [5.74, 6) is 0.151. The molecule has 0 unspecified atom stereocenters. The Morgan fingerprint density at radius 3 is 2.94 bits per heavy atom. The van der Waals surface area contributed by atoms with Crippen molar-refractivity contribution in [1.29, 1.82) is 0 Å². The van der Waals surface area contributed by atoms with Gasteiger partial charge in [0.15, 0.2) is 4.96 Å². The molecule has 2 aliphatic rings. The van der Waals surface area contributed by atoms with E-state index in [1.54, 1.807) is 16.5 Å². The van der Waals surface area contributed by atoms with Gasteiger partial charge in [-0.05, 0) is 49.8 Å². The molecular formula is C24H22FN5O2S2. The van der Waals surface area contributed by atoms with Crippen molar-refractivity contribution in [2.75, 3.05) is 13.1 Å². The van der Waals surface area contributed by atoms with E-state index < -0.39 is 0 Å². The van der Waals surface area contributed by atoms with Gasteiger partial charge in [-0.15, -0.1) is 22.7 Å². The fourth-order valence-electron chi connectivity index (χ4n) is 5.05. The molecule has 0 radical (unpaired) electrons. The maximum Gasteiger partial charge on any atom is 0.274 e. The van der Waals surface area contributed by atoms with Crippen molar-refractivity contribution < 1.29 is 14.0 Å². The Balaban J connectivity index is 1.24. The van der Waals surface area contributed by atoms with Crippen LogP contribution >= 0.6 is 22.7 Å². The lowest BCUT2D eigenvalue weighted by Gasteiger charge is -2.27. The minimum atomic E-state index is -0.347. The number of aryl methyl sites for hydroxylation is 2. The third-order valence-electron chi connectivity index (χ3n) is 6.71. The molecule has 1 N–H and O–H groups in total. The molecule has 1 aliphatic heterocycles. The molecule has 2 fully saturated rings. The maximum atomic E-state index is 13.9. The summed E-state index contributed by atoms with van der Waals surface area (Å²) < 4.78 is 15.7. The van der Waals surface area contributed by atoms with Gasteiger partial charge in [0.05, 0.1) is 21.6 Å². The molecule has 10 heteroatoms. The van der Waals surface area contributed by atoms with Crippen molar-refractivity contribution in [3.05, 3.63) is 63.7 Å². The molecule has 34 heavy (non-hydrogen) atoms. The van der Waals surface area contributed by atoms with E-state index in [1.165, 1.54) is 34.8 Å². The molecule has 1 aromatic carbocycles. The van der Waals surface area contributed by atoms with Crippen molar-refractivity contribution in [1.82, 2.24) is 24.6 Å². The quantitative estimate of drug-likeness (QED) is 0.451. The molecule has 1 saturated heterocycles. The summed E-state index contributed by atoms with van der Waals surface area (Å²) in [6.07, 6.45) is 2.91. The van der Waals surface area contributed by atoms with Crippen LogP contribution in [0.1, 0.15) is 38.1 Å². The van der Waals surface area contributed by atoms with E-state index in [9.17, 15) is 14.0 Å². The Bertz CT molecular complexity index is 1440. The predicted octanol–water partition coefficient (Wildman–Crippen LogP) is 4.17. The molecular weight excluding hydrogens is 473 g/mol. The van der Waals surface area contributed by atoms with Crippen LogP contribution in [0.15, 0.2) is 35.8 Å². The fraction of sp³-hybridized carbons (Fsp3) is 0.333. The number of hydrogen-bond donors (Lipinski definition) is 1. The lowest BCUT2D eigenvalue weighted by molar-refractivity contribution is 0.0690. The number of piperidine rings is 1. The van der Waals surface area contributed by atoms with Crippen LogP contribution in [0.3, 0.4) is 0 Å². The first-order chi connectivity index (χ1) is 16.4. The molecule has 1 saturated carbocycles. The number of nitrogens with zero attached hydrogens (tertiary/aromatic N) is 4. The minimum absolute atomic E-state index is 0.0880. The zero-order valence-corrected chi connectivity index (χ0v) is 20.3. The van der Waals surface area contributed by atoms with E-state index in [2.05, 4.69) is 15.3 Å². The summed E-state index contributed by atoms with van der Waals surface area (Å²) in [6, 6.07) is 6.17. The van der Waals surface area contributed by atoms with Gasteiger partial charge in [-0.1, -0.05) is 12.1 Å². The van der Waals surface area contributed by atoms with Crippen LogP contribution in [0.25, 0.3) is 15.4 Å². The minimum Gasteiger partial charge on any atom is -0.349 e. The Morgan fingerprint density at radius 2 is 2.12 bits per heavy atom. The molecule has 2 amide bonds. The van der Waals surface area contributed by atoms with Crippen molar-refractivity contribution in [2.45, 2.75) is 26.3 Å². The number of nitrogens with one attached hydrogen (secondary N) is 1. The highest BCUT2D eigenvalue weighted by molar-refractivity contribution is 7.15. The van der Waals surface area contributed by atoms with Crippen LogP contribution in [0.4, 0.5) is 4.39 Å². The number of rotatable bonds is 5. The molecule has 1 aliphatic carbocycles. The third kappa shape index (κ3) is 3.52. The van der Waals surface area contributed by atoms with Crippen molar-refractivity contribution in [3.63, 3.8) is 0 Å². The number of aromatic nitrogens is 3. The van der Waals surface area contributed by atoms with Gasteiger partial charge in [-0.2, -0.15) is 0 Å². The number of thiazole rings is 2. The zero-order valence-electron chi connectivity index (χ0n) is 18.6. The van der Waals surface area contributed by atoms with Gasteiger partial charge < -0.3 is 10.2 Å². The first-order valence-corrected chi connectivity index (χ1v) is 12.8. The SMILES string of the molecule is Cc1nc(C(=O)N2C[C@@H]3C[C@@H]3[C@H]2CNC(=O)c2c(C)nc3sccn23)c(-c2cccc(F)c2)s1. The predicted molar refractivity (Wildman–Crippen MR) is 129 cm³/mol. The molecule has 4 aromatic rings. The smallest absolute Gasteiger partial charge is 0.274 e. The lowest BCUT2D eigenvalue weighted by Crippen LogP contribution is -2.46. The monoisotopic (exact) mass is 495 g/mol. The Kier molecular flexibility index (Phi) is 5.03. The van der Waals surface area contributed by atoms with E-state index >= 15 is 0 Å². The summed E-state index contributed by atoms with van der Waals surface area (Å²) in [5, 5.41) is 5.70. The number of benzene rings is 1. The van der Waals surface area contributed by atoms with Gasteiger partial charge in [0.1, 0.15) is 17.2 Å². The fourth-order valence-corrected chi connectivity index (χ4v) is 6.71. The standard InChI is InChI=1S/C24H22FN5O2S2/c1-12-20(29-6-7-33-24(29)27-12)22(31)26-10-18-17-9-15(17)11-30(18)23(32)19-21(34-13(2)28-19)14-4-3-5-16(25)8-14/h3-8,15,17-18H,9-11H2,1-2H3,(H,26,31)/t15-,17-,18+/m0/s1. The number of fused-ring (bicyclic) bond motifs is 2.